The maximum atomic E-state index is 11.8. The number of carbonyl (C=O) groups is 1. The summed E-state index contributed by atoms with van der Waals surface area (Å²) < 4.78 is 0. The lowest BCUT2D eigenvalue weighted by atomic mass is 10.2. The van der Waals surface area contributed by atoms with Crippen molar-refractivity contribution in [3.8, 4) is 0 Å². The molecule has 0 saturated carbocycles. The minimum absolute atomic E-state index is 0.397. The molecule has 9 heteroatoms. The Morgan fingerprint density at radius 3 is 3.00 bits per heavy atom. The zero-order valence-electron chi connectivity index (χ0n) is 12.5. The lowest BCUT2D eigenvalue weighted by Crippen LogP contribution is -2.17. The lowest BCUT2D eigenvalue weighted by Gasteiger charge is -2.08. The summed E-state index contributed by atoms with van der Waals surface area (Å²) in [5.74, 6) is 0.0251. The summed E-state index contributed by atoms with van der Waals surface area (Å²) >= 11 is 1.20. The molecule has 24 heavy (non-hydrogen) atoms. The average Bonchev–Trinajstić information content (AvgIpc) is 3.20. The molecule has 0 fully saturated rings. The molecule has 0 unspecified atom stereocenters. The van der Waals surface area contributed by atoms with Crippen molar-refractivity contribution in [3.05, 3.63) is 41.3 Å². The number of aromatic nitrogens is 4. The van der Waals surface area contributed by atoms with E-state index in [4.69, 9.17) is 5.21 Å². The molecule has 0 aliphatic carbocycles. The van der Waals surface area contributed by atoms with Gasteiger partial charge in [-0.15, -0.1) is 11.3 Å². The first-order valence-electron chi connectivity index (χ1n) is 7.06. The van der Waals surface area contributed by atoms with Gasteiger partial charge in [-0.05, 0) is 24.6 Å². The number of carbonyl (C=O) groups excluding carboxylic acids is 1. The second-order valence-corrected chi connectivity index (χ2v) is 6.13. The van der Waals surface area contributed by atoms with Crippen LogP contribution in [-0.4, -0.2) is 31.1 Å². The fraction of sp³-hybridized carbons (Fsp3) is 0.0667. The Bertz CT molecular complexity index is 1070. The number of nitrogens with zero attached hydrogens (tertiary/aromatic N) is 3. The number of H-pyrrole nitrogens is 1. The van der Waals surface area contributed by atoms with E-state index in [9.17, 15) is 4.79 Å². The van der Waals surface area contributed by atoms with Gasteiger partial charge >= 0.3 is 0 Å². The molecule has 4 N–H and O–H groups in total. The zero-order chi connectivity index (χ0) is 16.7. The van der Waals surface area contributed by atoms with E-state index in [-0.39, 0.29) is 0 Å². The maximum absolute atomic E-state index is 11.8. The van der Waals surface area contributed by atoms with Crippen LogP contribution in [0.1, 0.15) is 15.2 Å². The fourth-order valence-electron chi connectivity index (χ4n) is 2.63. The highest BCUT2D eigenvalue weighted by Crippen LogP contribution is 2.35. The first kappa shape index (κ1) is 14.5. The number of nitrogens with one attached hydrogen (secondary N) is 3. The Morgan fingerprint density at radius 1 is 1.29 bits per heavy atom. The van der Waals surface area contributed by atoms with Crippen LogP contribution < -0.4 is 10.8 Å². The number of fused-ring (bicyclic) bond motifs is 2. The van der Waals surface area contributed by atoms with Crippen LogP contribution in [0, 0.1) is 6.92 Å². The molecule has 8 nitrogen and oxygen atoms in total. The average molecular weight is 340 g/mol. The predicted molar refractivity (Wildman–Crippen MR) is 90.8 cm³/mol. The van der Waals surface area contributed by atoms with E-state index >= 15 is 0 Å². The second kappa shape index (κ2) is 5.55. The van der Waals surface area contributed by atoms with Crippen LogP contribution in [0.2, 0.25) is 0 Å². The first-order valence-corrected chi connectivity index (χ1v) is 7.88. The van der Waals surface area contributed by atoms with E-state index in [1.165, 1.54) is 17.7 Å². The summed E-state index contributed by atoms with van der Waals surface area (Å²) in [6.45, 7) is 1.80. The van der Waals surface area contributed by atoms with E-state index in [1.54, 1.807) is 18.7 Å². The molecule has 120 valence electrons. The molecule has 1 aromatic carbocycles. The smallest absolute Gasteiger partial charge is 0.285 e. The van der Waals surface area contributed by atoms with Gasteiger partial charge < -0.3 is 10.3 Å². The zero-order valence-corrected chi connectivity index (χ0v) is 13.3. The van der Waals surface area contributed by atoms with Gasteiger partial charge in [-0.3, -0.25) is 10.0 Å². The molecule has 0 radical (unpaired) electrons. The van der Waals surface area contributed by atoms with Crippen molar-refractivity contribution < 1.29 is 10.0 Å². The number of imidazole rings is 1. The third-order valence-electron chi connectivity index (χ3n) is 3.74. The molecule has 0 saturated heterocycles. The second-order valence-electron chi connectivity index (χ2n) is 5.13. The van der Waals surface area contributed by atoms with Crippen molar-refractivity contribution in [2.24, 2.45) is 0 Å². The first-order chi connectivity index (χ1) is 11.7. The van der Waals surface area contributed by atoms with E-state index in [2.05, 4.69) is 25.3 Å². The maximum Gasteiger partial charge on any atom is 0.285 e. The number of hydrogen-bond acceptors (Lipinski definition) is 7. The molecule has 3 aromatic heterocycles. The highest BCUT2D eigenvalue weighted by atomic mass is 32.1. The predicted octanol–water partition coefficient (Wildman–Crippen LogP) is 2.74. The fourth-order valence-corrected chi connectivity index (χ4v) is 3.67. The van der Waals surface area contributed by atoms with E-state index < -0.39 is 5.91 Å². The van der Waals surface area contributed by atoms with Crippen LogP contribution in [0.3, 0.4) is 0 Å². The normalized spacial score (nSPS) is 11.1. The SMILES string of the molecule is Cc1c(C(=O)NO)sc2ncnc(Nc3cccc4[nH]cnc34)c12. The third-order valence-corrected chi connectivity index (χ3v) is 4.94. The van der Waals surface area contributed by atoms with Gasteiger partial charge in [0.2, 0.25) is 0 Å². The molecule has 0 bridgehead atoms. The number of thiophene rings is 1. The van der Waals surface area contributed by atoms with Crippen LogP contribution in [0.5, 0.6) is 0 Å². The summed E-state index contributed by atoms with van der Waals surface area (Å²) in [7, 11) is 0. The summed E-state index contributed by atoms with van der Waals surface area (Å²) in [4.78, 5) is 28.7. The number of para-hydroxylation sites is 1. The number of hydroxylamine groups is 1. The standard InChI is InChI=1S/C15H12N6O2S/c1-7-10-13(18-6-19-15(10)24-12(7)14(22)21-23)20-9-4-2-3-8-11(9)17-5-16-8/h2-6,23H,1H3,(H,16,17)(H,21,22)(H,18,19,20). The van der Waals surface area contributed by atoms with E-state index in [1.807, 2.05) is 18.2 Å². The Labute approximate surface area is 139 Å². The minimum Gasteiger partial charge on any atom is -0.345 e. The summed E-state index contributed by atoms with van der Waals surface area (Å²) in [6, 6.07) is 5.75. The Balaban J connectivity index is 1.86. The molecular weight excluding hydrogens is 328 g/mol. The number of rotatable bonds is 3. The molecule has 3 heterocycles. The number of hydrogen-bond donors (Lipinski definition) is 4. The molecular formula is C15H12N6O2S. The Hall–Kier alpha value is -3.04. The van der Waals surface area contributed by atoms with Crippen LogP contribution in [0.15, 0.2) is 30.9 Å². The molecule has 0 spiro atoms. The highest BCUT2D eigenvalue weighted by molar-refractivity contribution is 7.20. The van der Waals surface area contributed by atoms with E-state index in [0.717, 1.165) is 22.1 Å². The van der Waals surface area contributed by atoms with Crippen molar-refractivity contribution in [2.45, 2.75) is 6.92 Å². The van der Waals surface area contributed by atoms with Gasteiger partial charge in [-0.25, -0.2) is 20.4 Å². The third kappa shape index (κ3) is 2.18. The summed E-state index contributed by atoms with van der Waals surface area (Å²) in [5, 5.41) is 12.9. The Kier molecular flexibility index (Phi) is 3.36. The van der Waals surface area contributed by atoms with Crippen LogP contribution in [-0.2, 0) is 0 Å². The topological polar surface area (TPSA) is 116 Å². The highest BCUT2D eigenvalue weighted by Gasteiger charge is 2.19. The monoisotopic (exact) mass is 340 g/mol. The van der Waals surface area contributed by atoms with Crippen LogP contribution in [0.25, 0.3) is 21.3 Å². The number of benzene rings is 1. The van der Waals surface area contributed by atoms with Crippen molar-refractivity contribution in [2.75, 3.05) is 5.32 Å². The van der Waals surface area contributed by atoms with Crippen molar-refractivity contribution >= 4 is 50.0 Å². The van der Waals surface area contributed by atoms with E-state index in [0.29, 0.717) is 21.1 Å². The molecule has 0 aliphatic heterocycles. The minimum atomic E-state index is -0.559. The number of amides is 1. The van der Waals surface area contributed by atoms with Gasteiger partial charge in [0.1, 0.15) is 22.5 Å². The molecule has 1 amide bonds. The van der Waals surface area contributed by atoms with Crippen LogP contribution in [0.4, 0.5) is 11.5 Å². The van der Waals surface area contributed by atoms with Crippen molar-refractivity contribution in [1.82, 2.24) is 25.4 Å². The molecule has 4 rings (SSSR count). The lowest BCUT2D eigenvalue weighted by molar-refractivity contribution is 0.0710. The number of aromatic amines is 1. The number of anilines is 2. The molecule has 0 aliphatic rings. The van der Waals surface area contributed by atoms with Gasteiger partial charge in [0.15, 0.2) is 0 Å². The molecule has 4 aromatic rings. The van der Waals surface area contributed by atoms with Gasteiger partial charge in [-0.1, -0.05) is 6.07 Å². The van der Waals surface area contributed by atoms with Crippen molar-refractivity contribution in [1.29, 1.82) is 0 Å². The van der Waals surface area contributed by atoms with Gasteiger partial charge in [0, 0.05) is 0 Å². The largest absolute Gasteiger partial charge is 0.345 e. The van der Waals surface area contributed by atoms with Crippen molar-refractivity contribution in [3.63, 3.8) is 0 Å². The number of aryl methyl sites for hydroxylation is 1. The summed E-state index contributed by atoms with van der Waals surface area (Å²) in [6.07, 6.45) is 3.07. The van der Waals surface area contributed by atoms with Gasteiger partial charge in [-0.2, -0.15) is 0 Å². The summed E-state index contributed by atoms with van der Waals surface area (Å²) in [5.41, 5.74) is 4.87. The van der Waals surface area contributed by atoms with Crippen LogP contribution >= 0.6 is 11.3 Å². The quantitative estimate of drug-likeness (QED) is 0.337. The van der Waals surface area contributed by atoms with Gasteiger partial charge in [0.05, 0.1) is 27.8 Å². The van der Waals surface area contributed by atoms with Gasteiger partial charge in [0.25, 0.3) is 5.91 Å². The molecule has 0 atom stereocenters. The Morgan fingerprint density at radius 2 is 2.17 bits per heavy atom.